The Morgan fingerprint density at radius 1 is 1.44 bits per heavy atom. The van der Waals surface area contributed by atoms with Crippen LogP contribution in [-0.2, 0) is 4.79 Å². The molecule has 0 saturated carbocycles. The van der Waals surface area contributed by atoms with Crippen LogP contribution in [-0.4, -0.2) is 25.6 Å². The van der Waals surface area contributed by atoms with Crippen LogP contribution in [0.15, 0.2) is 36.4 Å². The summed E-state index contributed by atoms with van der Waals surface area (Å²) >= 11 is 0. The van der Waals surface area contributed by atoms with Crippen LogP contribution in [0.5, 0.6) is 5.75 Å². The molecule has 0 aliphatic rings. The number of likely N-dealkylation sites (N-methyl/N-ethyl adjacent to an activating group) is 1. The van der Waals surface area contributed by atoms with Gasteiger partial charge in [-0.25, -0.2) is 0 Å². The molecule has 2 N–H and O–H groups in total. The molecule has 0 saturated heterocycles. The molecule has 0 fully saturated rings. The number of carbonyl (C=O) groups excluding carboxylic acids is 1. The number of hydrogen-bond acceptors (Lipinski definition) is 3. The van der Waals surface area contributed by atoms with Gasteiger partial charge in [-0.05, 0) is 31.2 Å². The van der Waals surface area contributed by atoms with E-state index in [1.165, 1.54) is 0 Å². The molecular weight excluding hydrogens is 228 g/mol. The molecular formula is C14H20N2O2. The van der Waals surface area contributed by atoms with E-state index in [-0.39, 0.29) is 5.91 Å². The van der Waals surface area contributed by atoms with Crippen molar-refractivity contribution in [2.75, 3.05) is 25.0 Å². The molecule has 1 rings (SSSR count). The van der Waals surface area contributed by atoms with E-state index >= 15 is 0 Å². The minimum Gasteiger partial charge on any atom is -0.489 e. The van der Waals surface area contributed by atoms with Gasteiger partial charge in [0.25, 0.3) is 0 Å². The molecule has 0 heterocycles. The average molecular weight is 248 g/mol. The van der Waals surface area contributed by atoms with Crippen LogP contribution in [0.3, 0.4) is 0 Å². The standard InChI is InChI=1S/C14H20N2O2/c1-4-15-9-14(17)16-12-6-5-7-13(8-12)18-10-11(2)3/h5-8,15H,2,4,9-10H2,1,3H3,(H,16,17). The van der Waals surface area contributed by atoms with E-state index in [0.29, 0.717) is 13.2 Å². The summed E-state index contributed by atoms with van der Waals surface area (Å²) in [7, 11) is 0. The van der Waals surface area contributed by atoms with Gasteiger partial charge in [-0.2, -0.15) is 0 Å². The maximum atomic E-state index is 11.5. The maximum absolute atomic E-state index is 11.5. The number of hydrogen-bond donors (Lipinski definition) is 2. The van der Waals surface area contributed by atoms with Crippen LogP contribution in [0, 0.1) is 0 Å². The minimum atomic E-state index is -0.0612. The lowest BCUT2D eigenvalue weighted by molar-refractivity contribution is -0.115. The van der Waals surface area contributed by atoms with Gasteiger partial charge in [0.15, 0.2) is 0 Å². The molecule has 0 atom stereocenters. The largest absolute Gasteiger partial charge is 0.489 e. The SMILES string of the molecule is C=C(C)COc1cccc(NC(=O)CNCC)c1. The number of nitrogens with one attached hydrogen (secondary N) is 2. The van der Waals surface area contributed by atoms with Crippen LogP contribution >= 0.6 is 0 Å². The Bertz CT molecular complexity index is 416. The van der Waals surface area contributed by atoms with E-state index < -0.39 is 0 Å². The summed E-state index contributed by atoms with van der Waals surface area (Å²) in [5, 5.41) is 5.77. The highest BCUT2D eigenvalue weighted by Gasteiger charge is 2.02. The molecule has 0 radical (unpaired) electrons. The normalized spacial score (nSPS) is 9.89. The van der Waals surface area contributed by atoms with Gasteiger partial charge >= 0.3 is 0 Å². The molecule has 18 heavy (non-hydrogen) atoms. The monoisotopic (exact) mass is 248 g/mol. The van der Waals surface area contributed by atoms with Gasteiger partial charge in [-0.15, -0.1) is 0 Å². The van der Waals surface area contributed by atoms with Gasteiger partial charge in [0.2, 0.25) is 5.91 Å². The summed E-state index contributed by atoms with van der Waals surface area (Å²) in [6.45, 7) is 9.20. The molecule has 0 aromatic heterocycles. The fraction of sp³-hybridized carbons (Fsp3) is 0.357. The lowest BCUT2D eigenvalue weighted by atomic mass is 10.3. The van der Waals surface area contributed by atoms with Gasteiger partial charge in [-0.3, -0.25) is 4.79 Å². The summed E-state index contributed by atoms with van der Waals surface area (Å²) in [4.78, 5) is 11.5. The third kappa shape index (κ3) is 5.50. The molecule has 0 spiro atoms. The van der Waals surface area contributed by atoms with Crippen LogP contribution in [0.1, 0.15) is 13.8 Å². The zero-order chi connectivity index (χ0) is 13.4. The lowest BCUT2D eigenvalue weighted by Gasteiger charge is -2.09. The second kappa shape index (κ2) is 7.50. The second-order valence-electron chi connectivity index (χ2n) is 4.10. The number of amides is 1. The van der Waals surface area contributed by atoms with Crippen molar-refractivity contribution in [3.05, 3.63) is 36.4 Å². The van der Waals surface area contributed by atoms with Crippen molar-refractivity contribution in [2.45, 2.75) is 13.8 Å². The van der Waals surface area contributed by atoms with Crippen molar-refractivity contribution < 1.29 is 9.53 Å². The Kier molecular flexibility index (Phi) is 5.94. The molecule has 1 amide bonds. The first-order valence-corrected chi connectivity index (χ1v) is 5.99. The number of rotatable bonds is 7. The highest BCUT2D eigenvalue weighted by molar-refractivity contribution is 5.92. The van der Waals surface area contributed by atoms with Crippen LogP contribution in [0.25, 0.3) is 0 Å². The Hall–Kier alpha value is -1.81. The summed E-state index contributed by atoms with van der Waals surface area (Å²) in [6.07, 6.45) is 0. The van der Waals surface area contributed by atoms with Crippen LogP contribution in [0.2, 0.25) is 0 Å². The van der Waals surface area contributed by atoms with E-state index in [1.807, 2.05) is 32.0 Å². The van der Waals surface area contributed by atoms with Crippen molar-refractivity contribution in [1.29, 1.82) is 0 Å². The van der Waals surface area contributed by atoms with Crippen molar-refractivity contribution in [2.24, 2.45) is 0 Å². The van der Waals surface area contributed by atoms with E-state index in [4.69, 9.17) is 4.74 Å². The van der Waals surface area contributed by atoms with Crippen LogP contribution < -0.4 is 15.4 Å². The third-order valence-electron chi connectivity index (χ3n) is 2.14. The summed E-state index contributed by atoms with van der Waals surface area (Å²) in [5.41, 5.74) is 1.69. The van der Waals surface area contributed by atoms with E-state index in [9.17, 15) is 4.79 Å². The van der Waals surface area contributed by atoms with Crippen LogP contribution in [0.4, 0.5) is 5.69 Å². The van der Waals surface area contributed by atoms with Gasteiger partial charge in [-0.1, -0.05) is 19.6 Å². The summed E-state index contributed by atoms with van der Waals surface area (Å²) < 4.78 is 5.50. The summed E-state index contributed by atoms with van der Waals surface area (Å²) in [5.74, 6) is 0.660. The number of benzene rings is 1. The average Bonchev–Trinajstić information content (AvgIpc) is 2.34. The zero-order valence-electron chi connectivity index (χ0n) is 11.0. The Labute approximate surface area is 108 Å². The topological polar surface area (TPSA) is 50.4 Å². The van der Waals surface area contributed by atoms with Crippen molar-refractivity contribution in [3.63, 3.8) is 0 Å². The number of ether oxygens (including phenoxy) is 1. The smallest absolute Gasteiger partial charge is 0.238 e. The molecule has 4 heteroatoms. The Morgan fingerprint density at radius 3 is 2.89 bits per heavy atom. The lowest BCUT2D eigenvalue weighted by Crippen LogP contribution is -2.27. The molecule has 4 nitrogen and oxygen atoms in total. The molecule has 0 aliphatic heterocycles. The molecule has 98 valence electrons. The van der Waals surface area contributed by atoms with E-state index in [0.717, 1.165) is 23.6 Å². The number of anilines is 1. The highest BCUT2D eigenvalue weighted by atomic mass is 16.5. The highest BCUT2D eigenvalue weighted by Crippen LogP contribution is 2.17. The third-order valence-corrected chi connectivity index (χ3v) is 2.14. The number of carbonyl (C=O) groups is 1. The first-order valence-electron chi connectivity index (χ1n) is 5.99. The first-order chi connectivity index (χ1) is 8.61. The Morgan fingerprint density at radius 2 is 2.22 bits per heavy atom. The minimum absolute atomic E-state index is 0.0612. The molecule has 0 unspecified atom stereocenters. The predicted molar refractivity (Wildman–Crippen MR) is 73.9 cm³/mol. The fourth-order valence-electron chi connectivity index (χ4n) is 1.31. The van der Waals surface area contributed by atoms with Crippen molar-refractivity contribution in [1.82, 2.24) is 5.32 Å². The molecule has 0 bridgehead atoms. The van der Waals surface area contributed by atoms with Gasteiger partial charge < -0.3 is 15.4 Å². The van der Waals surface area contributed by atoms with Crippen molar-refractivity contribution in [3.8, 4) is 5.75 Å². The van der Waals surface area contributed by atoms with Gasteiger partial charge in [0.05, 0.1) is 6.54 Å². The second-order valence-corrected chi connectivity index (χ2v) is 4.10. The van der Waals surface area contributed by atoms with Gasteiger partial charge in [0.1, 0.15) is 12.4 Å². The fourth-order valence-corrected chi connectivity index (χ4v) is 1.31. The van der Waals surface area contributed by atoms with Crippen molar-refractivity contribution >= 4 is 11.6 Å². The van der Waals surface area contributed by atoms with E-state index in [2.05, 4.69) is 17.2 Å². The maximum Gasteiger partial charge on any atom is 0.238 e. The summed E-state index contributed by atoms with van der Waals surface area (Å²) in [6, 6.07) is 7.32. The zero-order valence-corrected chi connectivity index (χ0v) is 11.0. The van der Waals surface area contributed by atoms with Gasteiger partial charge in [0, 0.05) is 11.8 Å². The van der Waals surface area contributed by atoms with E-state index in [1.54, 1.807) is 6.07 Å². The molecule has 1 aromatic carbocycles. The molecule has 1 aromatic rings. The Balaban J connectivity index is 2.53. The quantitative estimate of drug-likeness (QED) is 0.727. The first kappa shape index (κ1) is 14.3. The molecule has 0 aliphatic carbocycles. The predicted octanol–water partition coefficient (Wildman–Crippen LogP) is 2.19.